The number of hydrogen-bond acceptors (Lipinski definition) is 1. The molecule has 0 radical (unpaired) electrons. The van der Waals surface area contributed by atoms with Crippen LogP contribution in [0.15, 0.2) is 18.2 Å². The molecule has 1 aromatic rings. The Morgan fingerprint density at radius 2 is 1.83 bits per heavy atom. The molecule has 0 bridgehead atoms. The highest BCUT2D eigenvalue weighted by molar-refractivity contribution is 5.41. The molecule has 2 heteroatoms. The van der Waals surface area contributed by atoms with Gasteiger partial charge >= 0.3 is 0 Å². The maximum absolute atomic E-state index is 13.6. The molecule has 1 aromatic carbocycles. The minimum atomic E-state index is -0.476. The Morgan fingerprint density at radius 1 is 1.08 bits per heavy atom. The highest BCUT2D eigenvalue weighted by Crippen LogP contribution is 2.31. The van der Waals surface area contributed by atoms with Gasteiger partial charge in [-0.3, -0.25) is 0 Å². The third kappa shape index (κ3) is 6.01. The minimum Gasteiger partial charge on any atom is -0.206 e. The molecule has 0 aliphatic heterocycles. The number of halogens is 1. The van der Waals surface area contributed by atoms with Crippen LogP contribution in [0, 0.1) is 40.8 Å². The monoisotopic (exact) mass is 325 g/mol. The predicted octanol–water partition coefficient (Wildman–Crippen LogP) is 6.22. The third-order valence-electron chi connectivity index (χ3n) is 5.07. The van der Waals surface area contributed by atoms with Gasteiger partial charge in [0.2, 0.25) is 0 Å². The van der Waals surface area contributed by atoms with Crippen molar-refractivity contribution in [2.45, 2.75) is 71.1 Å². The van der Waals surface area contributed by atoms with Gasteiger partial charge in [-0.1, -0.05) is 57.3 Å². The molecule has 1 saturated carbocycles. The summed E-state index contributed by atoms with van der Waals surface area (Å²) in [6.45, 7) is 2.26. The van der Waals surface area contributed by atoms with Gasteiger partial charge in [0, 0.05) is 11.5 Å². The van der Waals surface area contributed by atoms with Crippen LogP contribution in [0.3, 0.4) is 0 Å². The summed E-state index contributed by atoms with van der Waals surface area (Å²) in [6.07, 6.45) is 13.1. The van der Waals surface area contributed by atoms with Gasteiger partial charge < -0.3 is 0 Å². The zero-order valence-corrected chi connectivity index (χ0v) is 14.8. The predicted molar refractivity (Wildman–Crippen MR) is 96.8 cm³/mol. The number of benzene rings is 1. The van der Waals surface area contributed by atoms with Crippen molar-refractivity contribution in [1.29, 1.82) is 5.26 Å². The zero-order valence-electron chi connectivity index (χ0n) is 14.8. The molecule has 0 atom stereocenters. The fourth-order valence-electron chi connectivity index (χ4n) is 3.50. The van der Waals surface area contributed by atoms with E-state index in [9.17, 15) is 4.39 Å². The second-order valence-electron chi connectivity index (χ2n) is 7.00. The van der Waals surface area contributed by atoms with Gasteiger partial charge in [-0.05, 0) is 49.8 Å². The average Bonchev–Trinajstić information content (AvgIpc) is 2.61. The van der Waals surface area contributed by atoms with Crippen LogP contribution in [0.4, 0.5) is 4.39 Å². The first-order valence-corrected chi connectivity index (χ1v) is 9.44. The van der Waals surface area contributed by atoms with Crippen LogP contribution in [0.5, 0.6) is 0 Å². The highest BCUT2D eigenvalue weighted by atomic mass is 19.1. The van der Waals surface area contributed by atoms with Crippen LogP contribution in [-0.2, 0) is 0 Å². The molecule has 0 amide bonds. The highest BCUT2D eigenvalue weighted by Gasteiger charge is 2.19. The Labute approximate surface area is 146 Å². The molecular weight excluding hydrogens is 297 g/mol. The third-order valence-corrected chi connectivity index (χ3v) is 5.07. The first-order chi connectivity index (χ1) is 11.7. The summed E-state index contributed by atoms with van der Waals surface area (Å²) in [4.78, 5) is 0. The molecule has 0 heterocycles. The molecule has 0 unspecified atom stereocenters. The quantitative estimate of drug-likeness (QED) is 0.450. The van der Waals surface area contributed by atoms with Gasteiger partial charge in [0.1, 0.15) is 11.9 Å². The van der Waals surface area contributed by atoms with Crippen molar-refractivity contribution >= 4 is 0 Å². The van der Waals surface area contributed by atoms with Crippen LogP contribution in [0.2, 0.25) is 0 Å². The maximum atomic E-state index is 13.6. The van der Waals surface area contributed by atoms with E-state index in [4.69, 9.17) is 5.26 Å². The maximum Gasteiger partial charge on any atom is 0.142 e. The molecular formula is C22H28FN. The van der Waals surface area contributed by atoms with Gasteiger partial charge in [-0.15, -0.1) is 0 Å². The van der Waals surface area contributed by atoms with E-state index in [2.05, 4.69) is 18.8 Å². The molecule has 0 spiro atoms. The van der Waals surface area contributed by atoms with Crippen molar-refractivity contribution in [3.63, 3.8) is 0 Å². The Kier molecular flexibility index (Phi) is 7.84. The Balaban J connectivity index is 1.74. The SMILES string of the molecule is CCCCCCCC1CCC(C#Cc2ccc(C#N)c(F)c2)CC1. The fourth-order valence-corrected chi connectivity index (χ4v) is 3.50. The lowest BCUT2D eigenvalue weighted by atomic mass is 9.80. The summed E-state index contributed by atoms with van der Waals surface area (Å²) >= 11 is 0. The summed E-state index contributed by atoms with van der Waals surface area (Å²) in [5.74, 6) is 7.25. The van der Waals surface area contributed by atoms with Crippen LogP contribution >= 0.6 is 0 Å². The minimum absolute atomic E-state index is 0.0833. The van der Waals surface area contributed by atoms with E-state index in [1.54, 1.807) is 6.07 Å². The van der Waals surface area contributed by atoms with E-state index in [-0.39, 0.29) is 5.56 Å². The topological polar surface area (TPSA) is 23.8 Å². The summed E-state index contributed by atoms with van der Waals surface area (Å²) in [6, 6.07) is 6.45. The van der Waals surface area contributed by atoms with Gasteiger partial charge in [0.15, 0.2) is 0 Å². The normalized spacial score (nSPS) is 20.0. The van der Waals surface area contributed by atoms with E-state index in [1.165, 1.54) is 76.3 Å². The van der Waals surface area contributed by atoms with Crippen LogP contribution in [-0.4, -0.2) is 0 Å². The second-order valence-corrected chi connectivity index (χ2v) is 7.00. The van der Waals surface area contributed by atoms with E-state index >= 15 is 0 Å². The first-order valence-electron chi connectivity index (χ1n) is 9.44. The van der Waals surface area contributed by atoms with Crippen molar-refractivity contribution in [3.05, 3.63) is 35.1 Å². The van der Waals surface area contributed by atoms with Crippen molar-refractivity contribution in [2.24, 2.45) is 11.8 Å². The van der Waals surface area contributed by atoms with Crippen LogP contribution < -0.4 is 0 Å². The number of hydrogen-bond donors (Lipinski definition) is 0. The van der Waals surface area contributed by atoms with Crippen LogP contribution in [0.25, 0.3) is 0 Å². The summed E-state index contributed by atoms with van der Waals surface area (Å²) in [7, 11) is 0. The van der Waals surface area contributed by atoms with E-state index in [1.807, 2.05) is 6.07 Å². The number of nitriles is 1. The van der Waals surface area contributed by atoms with E-state index in [0.717, 1.165) is 5.92 Å². The Bertz CT molecular complexity index is 609. The smallest absolute Gasteiger partial charge is 0.142 e. The van der Waals surface area contributed by atoms with Gasteiger partial charge in [0.25, 0.3) is 0 Å². The molecule has 24 heavy (non-hydrogen) atoms. The van der Waals surface area contributed by atoms with Crippen molar-refractivity contribution in [1.82, 2.24) is 0 Å². The van der Waals surface area contributed by atoms with Gasteiger partial charge in [-0.2, -0.15) is 5.26 Å². The molecule has 1 nitrogen and oxygen atoms in total. The summed E-state index contributed by atoms with van der Waals surface area (Å²) in [5.41, 5.74) is 0.754. The molecule has 1 aliphatic carbocycles. The lowest BCUT2D eigenvalue weighted by Crippen LogP contribution is -2.13. The van der Waals surface area contributed by atoms with E-state index in [0.29, 0.717) is 11.5 Å². The largest absolute Gasteiger partial charge is 0.206 e. The average molecular weight is 325 g/mol. The fraction of sp³-hybridized carbons (Fsp3) is 0.591. The second kappa shape index (κ2) is 10.1. The summed E-state index contributed by atoms with van der Waals surface area (Å²) < 4.78 is 13.6. The number of unbranched alkanes of at least 4 members (excludes halogenated alkanes) is 4. The number of nitrogens with zero attached hydrogens (tertiary/aromatic N) is 1. The molecule has 128 valence electrons. The Hall–Kier alpha value is -1.80. The van der Waals surface area contributed by atoms with E-state index < -0.39 is 5.82 Å². The van der Waals surface area contributed by atoms with Crippen molar-refractivity contribution < 1.29 is 4.39 Å². The van der Waals surface area contributed by atoms with Gasteiger partial charge in [-0.25, -0.2) is 4.39 Å². The zero-order chi connectivity index (χ0) is 17.2. The molecule has 1 aliphatic rings. The number of rotatable bonds is 6. The summed E-state index contributed by atoms with van der Waals surface area (Å²) in [5, 5.41) is 8.75. The lowest BCUT2D eigenvalue weighted by Gasteiger charge is -2.25. The van der Waals surface area contributed by atoms with Crippen LogP contribution in [0.1, 0.15) is 82.3 Å². The van der Waals surface area contributed by atoms with Crippen molar-refractivity contribution in [3.8, 4) is 17.9 Å². The molecule has 2 rings (SSSR count). The molecule has 0 N–H and O–H groups in total. The molecule has 1 fully saturated rings. The lowest BCUT2D eigenvalue weighted by molar-refractivity contribution is 0.294. The van der Waals surface area contributed by atoms with Crippen molar-refractivity contribution in [2.75, 3.05) is 0 Å². The van der Waals surface area contributed by atoms with Gasteiger partial charge in [0.05, 0.1) is 5.56 Å². The molecule has 0 saturated heterocycles. The first kappa shape index (κ1) is 18.5. The standard InChI is InChI=1S/C22H28FN/c1-2-3-4-5-6-7-18-8-10-19(11-9-18)12-13-20-14-15-21(17-24)22(23)16-20/h14-16,18-19H,2-11H2,1H3. The Morgan fingerprint density at radius 3 is 2.50 bits per heavy atom. The molecule has 0 aromatic heterocycles.